The first kappa shape index (κ1) is 18.4. The highest BCUT2D eigenvalue weighted by Gasteiger charge is 2.51. The molecule has 1 fully saturated rings. The topological polar surface area (TPSA) is 48.1 Å². The van der Waals surface area contributed by atoms with E-state index in [1.54, 1.807) is 0 Å². The molecule has 3 atom stereocenters. The molecule has 0 aromatic carbocycles. The van der Waals surface area contributed by atoms with Crippen LogP contribution >= 0.6 is 0 Å². The van der Waals surface area contributed by atoms with Crippen LogP contribution in [0, 0.1) is 0 Å². The number of epoxide rings is 1. The van der Waals surface area contributed by atoms with E-state index in [0.717, 1.165) is 50.7 Å². The molecule has 0 aromatic rings. The van der Waals surface area contributed by atoms with E-state index in [2.05, 4.69) is 26.8 Å². The quantitative estimate of drug-likeness (QED) is 0.404. The van der Waals surface area contributed by atoms with Gasteiger partial charge in [0.05, 0.1) is 31.5 Å². The maximum Gasteiger partial charge on any atom is 0.333 e. The molecule has 138 valence electrons. The third-order valence-electron chi connectivity index (χ3n) is 5.79. The number of ether oxygens (including phenoxy) is 3. The van der Waals surface area contributed by atoms with E-state index >= 15 is 0 Å². The molecule has 0 saturated carbocycles. The van der Waals surface area contributed by atoms with Crippen molar-refractivity contribution in [3.63, 3.8) is 0 Å². The Morgan fingerprint density at radius 2 is 2.08 bits per heavy atom. The van der Waals surface area contributed by atoms with E-state index in [9.17, 15) is 4.79 Å². The molecule has 2 aliphatic heterocycles. The molecule has 0 radical (unpaired) electrons. The third-order valence-corrected chi connectivity index (χ3v) is 5.79. The van der Waals surface area contributed by atoms with Crippen LogP contribution in [0.5, 0.6) is 0 Å². The number of allylic oxidation sites excluding steroid dienone is 2. The second-order valence-electron chi connectivity index (χ2n) is 7.77. The molecular formula is C21H30O4. The van der Waals surface area contributed by atoms with Gasteiger partial charge in [-0.05, 0) is 70.4 Å². The Balaban J connectivity index is 1.80. The minimum atomic E-state index is -0.212. The smallest absolute Gasteiger partial charge is 0.333 e. The van der Waals surface area contributed by atoms with Crippen molar-refractivity contribution in [2.75, 3.05) is 13.7 Å². The maximum absolute atomic E-state index is 12.0. The fourth-order valence-corrected chi connectivity index (χ4v) is 3.93. The zero-order chi connectivity index (χ0) is 18.0. The first-order valence-corrected chi connectivity index (χ1v) is 9.35. The molecule has 0 amide bonds. The first-order chi connectivity index (χ1) is 11.9. The van der Waals surface area contributed by atoms with Crippen molar-refractivity contribution in [3.8, 4) is 0 Å². The Bertz CT molecular complexity index is 628. The fourth-order valence-electron chi connectivity index (χ4n) is 3.93. The summed E-state index contributed by atoms with van der Waals surface area (Å²) in [4.78, 5) is 12.0. The first-order valence-electron chi connectivity index (χ1n) is 9.35. The number of fused-ring (bicyclic) bond motifs is 2. The summed E-state index contributed by atoms with van der Waals surface area (Å²) in [5.74, 6) is -0.212. The summed E-state index contributed by atoms with van der Waals surface area (Å²) in [5, 5.41) is 0. The minimum absolute atomic E-state index is 0.0650. The lowest BCUT2D eigenvalue weighted by Crippen LogP contribution is -2.15. The van der Waals surface area contributed by atoms with Crippen LogP contribution in [0.1, 0.15) is 59.3 Å². The van der Waals surface area contributed by atoms with Gasteiger partial charge in [0.1, 0.15) is 0 Å². The molecule has 3 rings (SSSR count). The van der Waals surface area contributed by atoms with Crippen molar-refractivity contribution in [1.29, 1.82) is 0 Å². The zero-order valence-corrected chi connectivity index (χ0v) is 15.9. The summed E-state index contributed by atoms with van der Waals surface area (Å²) in [7, 11) is 1.45. The van der Waals surface area contributed by atoms with Crippen molar-refractivity contribution >= 4 is 5.97 Å². The molecule has 0 bridgehead atoms. The Hall–Kier alpha value is -1.39. The predicted octanol–water partition coefficient (Wildman–Crippen LogP) is 4.26. The number of esters is 1. The molecular weight excluding hydrogens is 316 g/mol. The Labute approximate surface area is 150 Å². The van der Waals surface area contributed by atoms with Crippen LogP contribution in [-0.4, -0.2) is 37.5 Å². The molecule has 25 heavy (non-hydrogen) atoms. The van der Waals surface area contributed by atoms with Gasteiger partial charge in [-0.2, -0.15) is 0 Å². The molecule has 3 aliphatic rings. The molecule has 1 aliphatic carbocycles. The molecule has 0 aromatic heterocycles. The highest BCUT2D eigenvalue weighted by molar-refractivity contribution is 5.88. The average Bonchev–Trinajstić information content (AvgIpc) is 3.10. The second kappa shape index (κ2) is 7.46. The molecule has 0 N–H and O–H groups in total. The Kier molecular flexibility index (Phi) is 5.49. The van der Waals surface area contributed by atoms with Gasteiger partial charge in [0.25, 0.3) is 0 Å². The van der Waals surface area contributed by atoms with Gasteiger partial charge in [-0.1, -0.05) is 17.7 Å². The van der Waals surface area contributed by atoms with Crippen LogP contribution in [0.15, 0.2) is 34.4 Å². The van der Waals surface area contributed by atoms with Gasteiger partial charge in [-0.15, -0.1) is 0 Å². The van der Waals surface area contributed by atoms with Crippen LogP contribution in [0.2, 0.25) is 0 Å². The summed E-state index contributed by atoms with van der Waals surface area (Å²) in [6, 6.07) is 0. The summed E-state index contributed by atoms with van der Waals surface area (Å²) >= 11 is 0. The maximum atomic E-state index is 12.0. The van der Waals surface area contributed by atoms with Crippen molar-refractivity contribution < 1.29 is 19.0 Å². The molecule has 1 saturated heterocycles. The fraction of sp³-hybridized carbons (Fsp3) is 0.667. The van der Waals surface area contributed by atoms with Crippen LogP contribution in [-0.2, 0) is 19.0 Å². The molecule has 0 spiro atoms. The highest BCUT2D eigenvalue weighted by atomic mass is 16.6. The summed E-state index contributed by atoms with van der Waals surface area (Å²) in [5.41, 5.74) is 4.82. The zero-order valence-electron chi connectivity index (χ0n) is 15.9. The van der Waals surface area contributed by atoms with Crippen LogP contribution in [0.25, 0.3) is 0 Å². The molecule has 4 nitrogen and oxygen atoms in total. The number of carbonyl (C=O) groups excluding carboxylic acids is 1. The number of hydrogen-bond donors (Lipinski definition) is 0. The lowest BCUT2D eigenvalue weighted by molar-refractivity contribution is -0.136. The van der Waals surface area contributed by atoms with Crippen molar-refractivity contribution in [3.05, 3.63) is 34.4 Å². The predicted molar refractivity (Wildman–Crippen MR) is 97.3 cm³/mol. The molecule has 4 heteroatoms. The Morgan fingerprint density at radius 3 is 2.84 bits per heavy atom. The number of carbonyl (C=O) groups is 1. The largest absolute Gasteiger partial charge is 0.466 e. The molecule has 2 heterocycles. The van der Waals surface area contributed by atoms with Gasteiger partial charge in [0.2, 0.25) is 0 Å². The van der Waals surface area contributed by atoms with Gasteiger partial charge in [-0.3, -0.25) is 0 Å². The second-order valence-corrected chi connectivity index (χ2v) is 7.77. The monoisotopic (exact) mass is 346 g/mol. The number of methoxy groups -OCH3 is 1. The summed E-state index contributed by atoms with van der Waals surface area (Å²) in [6.07, 6.45) is 10.0. The van der Waals surface area contributed by atoms with E-state index in [1.165, 1.54) is 23.8 Å². The normalized spacial score (nSPS) is 37.8. The molecule has 0 unspecified atom stereocenters. The Morgan fingerprint density at radius 1 is 1.28 bits per heavy atom. The van der Waals surface area contributed by atoms with Gasteiger partial charge in [0, 0.05) is 5.57 Å². The van der Waals surface area contributed by atoms with E-state index in [1.807, 2.05) is 6.08 Å². The van der Waals surface area contributed by atoms with Gasteiger partial charge < -0.3 is 14.2 Å². The van der Waals surface area contributed by atoms with Gasteiger partial charge in [0.15, 0.2) is 0 Å². The van der Waals surface area contributed by atoms with Crippen molar-refractivity contribution in [1.82, 2.24) is 0 Å². The highest BCUT2D eigenvalue weighted by Crippen LogP contribution is 2.45. The standard InChI is InChI=1S/C21H30O4/c1-14-6-5-7-16(20(22)23-4)8-9-19-21(3,25-19)11-10-17-15(2)13-24-18(17)12-14/h7,12,18-19H,5-6,8-11,13H2,1-4H3/b14-12+,16-7+/t18-,19+,21+/m1/s1. The van der Waals surface area contributed by atoms with Crippen molar-refractivity contribution in [2.45, 2.75) is 77.1 Å². The van der Waals surface area contributed by atoms with Crippen molar-refractivity contribution in [2.24, 2.45) is 0 Å². The van der Waals surface area contributed by atoms with Crippen LogP contribution in [0.3, 0.4) is 0 Å². The van der Waals surface area contributed by atoms with Crippen LogP contribution in [0.4, 0.5) is 0 Å². The van der Waals surface area contributed by atoms with Gasteiger partial charge >= 0.3 is 5.97 Å². The van der Waals surface area contributed by atoms with E-state index < -0.39 is 0 Å². The summed E-state index contributed by atoms with van der Waals surface area (Å²) in [6.45, 7) is 7.25. The van der Waals surface area contributed by atoms with E-state index in [-0.39, 0.29) is 23.8 Å². The lowest BCUT2D eigenvalue weighted by Gasteiger charge is -2.15. The summed E-state index contributed by atoms with van der Waals surface area (Å²) < 4.78 is 16.9. The van der Waals surface area contributed by atoms with Crippen LogP contribution < -0.4 is 0 Å². The van der Waals surface area contributed by atoms with E-state index in [4.69, 9.17) is 14.2 Å². The lowest BCUT2D eigenvalue weighted by atomic mass is 9.90. The minimum Gasteiger partial charge on any atom is -0.466 e. The number of hydrogen-bond acceptors (Lipinski definition) is 4. The average molecular weight is 346 g/mol. The number of rotatable bonds is 1. The SMILES string of the molecule is COC(=O)/C1=C/CC/C(C)=C/[C@H]2OCC(C)=C2CC[C@]2(C)O[C@H]2CC1. The van der Waals surface area contributed by atoms with Gasteiger partial charge in [-0.25, -0.2) is 4.79 Å². The van der Waals surface area contributed by atoms with E-state index in [0.29, 0.717) is 0 Å². The third kappa shape index (κ3) is 4.24.